The zero-order valence-corrected chi connectivity index (χ0v) is 28.9. The Kier molecular flexibility index (Phi) is 13.9. The average molecular weight is 625 g/mol. The van der Waals surface area contributed by atoms with Crippen molar-refractivity contribution in [1.29, 1.82) is 0 Å². The summed E-state index contributed by atoms with van der Waals surface area (Å²) in [4.78, 5) is 0. The molecule has 0 N–H and O–H groups in total. The lowest BCUT2D eigenvalue weighted by molar-refractivity contribution is 0.161. The topological polar surface area (TPSA) is 36.9 Å². The Morgan fingerprint density at radius 3 is 0.711 bits per heavy atom. The first-order valence-electron chi connectivity index (χ1n) is 17.2. The van der Waals surface area contributed by atoms with Gasteiger partial charge in [-0.05, 0) is 122 Å². The van der Waals surface area contributed by atoms with E-state index in [0.29, 0.717) is 23.0 Å². The van der Waals surface area contributed by atoms with Crippen LogP contribution < -0.4 is 17.7 Å². The highest BCUT2D eigenvalue weighted by atomic mass is 28.4. The molecule has 4 rings (SSSR count). The van der Waals surface area contributed by atoms with E-state index in [1.54, 1.807) is 0 Å². The third-order valence-electron chi connectivity index (χ3n) is 7.94. The van der Waals surface area contributed by atoms with Crippen LogP contribution in [0.15, 0.2) is 97.1 Å². The van der Waals surface area contributed by atoms with Gasteiger partial charge in [-0.1, -0.05) is 102 Å². The third kappa shape index (κ3) is 11.3. The summed E-state index contributed by atoms with van der Waals surface area (Å²) in [6, 6.07) is 33.0. The Morgan fingerprint density at radius 1 is 0.333 bits per heavy atom. The van der Waals surface area contributed by atoms with Crippen LogP contribution in [0.25, 0.3) is 0 Å². The molecule has 5 heteroatoms. The molecule has 0 radical (unpaired) electrons. The van der Waals surface area contributed by atoms with E-state index in [1.807, 2.05) is 48.5 Å². The maximum absolute atomic E-state index is 6.73. The van der Waals surface area contributed by atoms with Crippen LogP contribution in [0.2, 0.25) is 0 Å². The Balaban J connectivity index is 1.70. The smallest absolute Gasteiger partial charge is 0.452 e. The summed E-state index contributed by atoms with van der Waals surface area (Å²) in [5.74, 6) is 2.61. The van der Waals surface area contributed by atoms with E-state index in [9.17, 15) is 0 Å². The molecule has 0 aliphatic rings. The first-order valence-corrected chi connectivity index (χ1v) is 18.8. The second kappa shape index (κ2) is 18.3. The van der Waals surface area contributed by atoms with Crippen molar-refractivity contribution in [3.63, 3.8) is 0 Å². The van der Waals surface area contributed by atoms with Crippen molar-refractivity contribution in [1.82, 2.24) is 0 Å². The van der Waals surface area contributed by atoms with Crippen molar-refractivity contribution >= 4 is 9.05 Å². The van der Waals surface area contributed by atoms with E-state index >= 15 is 0 Å². The van der Waals surface area contributed by atoms with Crippen LogP contribution >= 0.6 is 0 Å². The lowest BCUT2D eigenvalue weighted by Gasteiger charge is -2.28. The van der Waals surface area contributed by atoms with Crippen molar-refractivity contribution in [3.8, 4) is 23.0 Å². The minimum Gasteiger partial charge on any atom is -0.452 e. The second-order valence-corrected chi connectivity index (χ2v) is 13.7. The standard InChI is InChI=1S/C40H52O4Si/c1-5-9-13-33-17-25-37(26-18-33)41-45(42-38-27-19-34(20-28-38)14-10-6-2,43-39-29-21-35(22-30-39)15-11-7-3)44-40-31-23-36(24-32-40)16-12-8-4/h17-32H,5-16H2,1-4H3. The van der Waals surface area contributed by atoms with Gasteiger partial charge in [-0.3, -0.25) is 0 Å². The molecule has 45 heavy (non-hydrogen) atoms. The van der Waals surface area contributed by atoms with Gasteiger partial charge < -0.3 is 17.7 Å². The Morgan fingerprint density at radius 2 is 0.533 bits per heavy atom. The third-order valence-corrected chi connectivity index (χ3v) is 9.88. The van der Waals surface area contributed by atoms with Gasteiger partial charge in [0.25, 0.3) is 0 Å². The number of unbranched alkanes of at least 4 members (excludes halogenated alkanes) is 4. The lowest BCUT2D eigenvalue weighted by Crippen LogP contribution is -2.60. The van der Waals surface area contributed by atoms with Crippen LogP contribution in [0.5, 0.6) is 23.0 Å². The molecule has 0 amide bonds. The van der Waals surface area contributed by atoms with E-state index in [1.165, 1.54) is 22.3 Å². The van der Waals surface area contributed by atoms with E-state index in [0.717, 1.165) is 77.0 Å². The molecule has 0 aromatic heterocycles. The van der Waals surface area contributed by atoms with Gasteiger partial charge in [0.05, 0.1) is 0 Å². The molecule has 4 aromatic carbocycles. The summed E-state index contributed by atoms with van der Waals surface area (Å²) in [5, 5.41) is 0. The summed E-state index contributed by atoms with van der Waals surface area (Å²) < 4.78 is 26.9. The molecule has 0 saturated carbocycles. The highest BCUT2D eigenvalue weighted by Crippen LogP contribution is 2.29. The first-order chi connectivity index (χ1) is 22.0. The van der Waals surface area contributed by atoms with Gasteiger partial charge >= 0.3 is 9.05 Å². The first kappa shape index (κ1) is 34.2. The molecule has 0 heterocycles. The van der Waals surface area contributed by atoms with Gasteiger partial charge in [-0.15, -0.1) is 0 Å². The zero-order chi connectivity index (χ0) is 31.7. The number of hydrogen-bond donors (Lipinski definition) is 0. The molecule has 240 valence electrons. The highest BCUT2D eigenvalue weighted by Gasteiger charge is 2.58. The Labute approximate surface area is 273 Å². The molecular formula is C40H52O4Si. The zero-order valence-electron chi connectivity index (χ0n) is 27.9. The van der Waals surface area contributed by atoms with Crippen molar-refractivity contribution in [2.45, 2.75) is 105 Å². The molecular weight excluding hydrogens is 573 g/mol. The molecule has 0 atom stereocenters. The summed E-state index contributed by atoms with van der Waals surface area (Å²) >= 11 is 0. The van der Waals surface area contributed by atoms with E-state index < -0.39 is 9.05 Å². The SMILES string of the molecule is CCCCc1ccc(O[Si](Oc2ccc(CCCC)cc2)(Oc2ccc(CCCC)cc2)Oc2ccc(CCCC)cc2)cc1. The Hall–Kier alpha value is -3.70. The van der Waals surface area contributed by atoms with Crippen molar-refractivity contribution in [2.75, 3.05) is 0 Å². The summed E-state index contributed by atoms with van der Waals surface area (Å²) in [5.41, 5.74) is 5.14. The highest BCUT2D eigenvalue weighted by molar-refractivity contribution is 6.57. The van der Waals surface area contributed by atoms with Crippen LogP contribution in [0, 0.1) is 0 Å². The molecule has 0 saturated heterocycles. The van der Waals surface area contributed by atoms with Crippen LogP contribution in [-0.2, 0) is 25.7 Å². The lowest BCUT2D eigenvalue weighted by atomic mass is 10.1. The molecule has 0 unspecified atom stereocenters. The predicted molar refractivity (Wildman–Crippen MR) is 188 cm³/mol. The van der Waals surface area contributed by atoms with Gasteiger partial charge in [-0.2, -0.15) is 0 Å². The van der Waals surface area contributed by atoms with Crippen LogP contribution in [0.3, 0.4) is 0 Å². The van der Waals surface area contributed by atoms with Gasteiger partial charge in [-0.25, -0.2) is 0 Å². The molecule has 0 fully saturated rings. The summed E-state index contributed by atoms with van der Waals surface area (Å²) in [7, 11) is -3.93. The summed E-state index contributed by atoms with van der Waals surface area (Å²) in [6.07, 6.45) is 13.5. The fourth-order valence-electron chi connectivity index (χ4n) is 5.12. The molecule has 4 aromatic rings. The quantitative estimate of drug-likeness (QED) is 0.0917. The van der Waals surface area contributed by atoms with Gasteiger partial charge in [0.15, 0.2) is 0 Å². The van der Waals surface area contributed by atoms with Crippen molar-refractivity contribution < 1.29 is 17.7 Å². The van der Waals surface area contributed by atoms with E-state index in [4.69, 9.17) is 17.7 Å². The number of hydrogen-bond acceptors (Lipinski definition) is 4. The molecule has 0 aliphatic carbocycles. The van der Waals surface area contributed by atoms with Gasteiger partial charge in [0.1, 0.15) is 23.0 Å². The minimum absolute atomic E-state index is 0.653. The predicted octanol–water partition coefficient (Wildman–Crippen LogP) is 11.1. The molecule has 0 bridgehead atoms. The number of rotatable bonds is 20. The maximum atomic E-state index is 6.73. The van der Waals surface area contributed by atoms with E-state index in [2.05, 4.69) is 76.2 Å². The van der Waals surface area contributed by atoms with Crippen LogP contribution in [0.4, 0.5) is 0 Å². The molecule has 0 aliphatic heterocycles. The van der Waals surface area contributed by atoms with Gasteiger partial charge in [0.2, 0.25) is 0 Å². The fraction of sp³-hybridized carbons (Fsp3) is 0.400. The monoisotopic (exact) mass is 624 g/mol. The normalized spacial score (nSPS) is 11.3. The van der Waals surface area contributed by atoms with Crippen molar-refractivity contribution in [3.05, 3.63) is 119 Å². The van der Waals surface area contributed by atoms with Crippen LogP contribution in [0.1, 0.15) is 101 Å². The maximum Gasteiger partial charge on any atom is 0.966 e. The number of benzene rings is 4. The average Bonchev–Trinajstić information content (AvgIpc) is 3.07. The largest absolute Gasteiger partial charge is 0.966 e. The second-order valence-electron chi connectivity index (χ2n) is 11.9. The van der Waals surface area contributed by atoms with Gasteiger partial charge in [0, 0.05) is 0 Å². The van der Waals surface area contributed by atoms with Crippen LogP contribution in [-0.4, -0.2) is 9.05 Å². The fourth-order valence-corrected chi connectivity index (χ4v) is 7.07. The minimum atomic E-state index is -3.93. The number of aryl methyl sites for hydroxylation is 4. The van der Waals surface area contributed by atoms with Crippen molar-refractivity contribution in [2.24, 2.45) is 0 Å². The Bertz CT molecular complexity index is 1150. The van der Waals surface area contributed by atoms with E-state index in [-0.39, 0.29) is 0 Å². The molecule has 4 nitrogen and oxygen atoms in total. The summed E-state index contributed by atoms with van der Waals surface area (Å²) in [6.45, 7) is 8.86. The molecule has 0 spiro atoms.